The highest BCUT2D eigenvalue weighted by Crippen LogP contribution is 2.34. The van der Waals surface area contributed by atoms with Crippen LogP contribution in [0.25, 0.3) is 0 Å². The molecule has 1 saturated carbocycles. The number of amides is 3. The molecule has 6 nitrogen and oxygen atoms in total. The van der Waals surface area contributed by atoms with Crippen LogP contribution < -0.4 is 10.6 Å². The highest BCUT2D eigenvalue weighted by Gasteiger charge is 2.56. The van der Waals surface area contributed by atoms with Gasteiger partial charge in [-0.2, -0.15) is 0 Å². The van der Waals surface area contributed by atoms with E-state index in [1.54, 1.807) is 11.8 Å². The molecule has 3 aliphatic rings. The average Bonchev–Trinajstić information content (AvgIpc) is 3.04. The number of nitrogens with one attached hydrogen (secondary N) is 2. The SMILES string of the molecule is CC1=C(I)OC2(CN(C(=O)NC3CC3)C2)C(=O)N1. The summed E-state index contributed by atoms with van der Waals surface area (Å²) in [4.78, 5) is 25.3. The second-order valence-corrected chi connectivity index (χ2v) is 6.01. The lowest BCUT2D eigenvalue weighted by molar-refractivity contribution is -0.158. The van der Waals surface area contributed by atoms with Crippen molar-refractivity contribution in [1.29, 1.82) is 0 Å². The maximum atomic E-state index is 11.9. The van der Waals surface area contributed by atoms with E-state index in [2.05, 4.69) is 33.2 Å². The lowest BCUT2D eigenvalue weighted by Crippen LogP contribution is -2.73. The second kappa shape index (κ2) is 4.01. The molecule has 18 heavy (non-hydrogen) atoms. The Hall–Kier alpha value is -0.990. The molecule has 7 heteroatoms. The molecule has 1 spiro atoms. The van der Waals surface area contributed by atoms with Gasteiger partial charge in [0.1, 0.15) is 0 Å². The Labute approximate surface area is 118 Å². The predicted molar refractivity (Wildman–Crippen MR) is 71.8 cm³/mol. The van der Waals surface area contributed by atoms with Crippen LogP contribution in [-0.2, 0) is 9.53 Å². The smallest absolute Gasteiger partial charge is 0.317 e. The minimum atomic E-state index is -0.878. The fraction of sp³-hybridized carbons (Fsp3) is 0.636. The van der Waals surface area contributed by atoms with E-state index in [-0.39, 0.29) is 11.9 Å². The van der Waals surface area contributed by atoms with Gasteiger partial charge in [0, 0.05) is 28.6 Å². The first-order valence-electron chi connectivity index (χ1n) is 5.92. The molecule has 2 N–H and O–H groups in total. The Kier molecular flexibility index (Phi) is 2.68. The molecular formula is C11H14IN3O3. The molecule has 2 heterocycles. The first-order valence-corrected chi connectivity index (χ1v) is 7.00. The van der Waals surface area contributed by atoms with Gasteiger partial charge in [-0.05, 0) is 19.8 Å². The molecular weight excluding hydrogens is 349 g/mol. The Balaban J connectivity index is 1.63. The molecule has 1 saturated heterocycles. The molecule has 0 aromatic rings. The van der Waals surface area contributed by atoms with Crippen molar-refractivity contribution in [2.45, 2.75) is 31.4 Å². The van der Waals surface area contributed by atoms with Crippen molar-refractivity contribution in [1.82, 2.24) is 15.5 Å². The maximum Gasteiger partial charge on any atom is 0.317 e. The zero-order chi connectivity index (χ0) is 12.9. The number of ether oxygens (including phenoxy) is 1. The molecule has 2 aliphatic heterocycles. The van der Waals surface area contributed by atoms with Crippen molar-refractivity contribution in [3.8, 4) is 0 Å². The number of carbonyl (C=O) groups excluding carboxylic acids is 2. The molecule has 0 radical (unpaired) electrons. The van der Waals surface area contributed by atoms with Crippen molar-refractivity contribution < 1.29 is 14.3 Å². The van der Waals surface area contributed by atoms with E-state index in [0.29, 0.717) is 22.9 Å². The number of urea groups is 1. The quantitative estimate of drug-likeness (QED) is 0.674. The van der Waals surface area contributed by atoms with Gasteiger partial charge in [0.05, 0.1) is 18.8 Å². The van der Waals surface area contributed by atoms with Crippen molar-refractivity contribution >= 4 is 34.5 Å². The van der Waals surface area contributed by atoms with E-state index in [1.807, 2.05) is 0 Å². The topological polar surface area (TPSA) is 70.7 Å². The summed E-state index contributed by atoms with van der Waals surface area (Å²) in [5.41, 5.74) is -0.149. The Morgan fingerprint density at radius 1 is 1.56 bits per heavy atom. The molecule has 98 valence electrons. The number of likely N-dealkylation sites (tertiary alicyclic amines) is 1. The first kappa shape index (κ1) is 12.1. The van der Waals surface area contributed by atoms with Gasteiger partial charge in [-0.1, -0.05) is 0 Å². The summed E-state index contributed by atoms with van der Waals surface area (Å²) in [7, 11) is 0. The number of hydrogen-bond acceptors (Lipinski definition) is 3. The van der Waals surface area contributed by atoms with E-state index in [9.17, 15) is 9.59 Å². The first-order chi connectivity index (χ1) is 8.50. The van der Waals surface area contributed by atoms with Gasteiger partial charge < -0.3 is 20.3 Å². The predicted octanol–water partition coefficient (Wildman–Crippen LogP) is 0.683. The molecule has 0 unspecified atom stereocenters. The van der Waals surface area contributed by atoms with Crippen molar-refractivity contribution in [3.63, 3.8) is 0 Å². The minimum absolute atomic E-state index is 0.0965. The summed E-state index contributed by atoms with van der Waals surface area (Å²) < 4.78 is 6.36. The zero-order valence-electron chi connectivity index (χ0n) is 9.96. The van der Waals surface area contributed by atoms with Crippen LogP contribution >= 0.6 is 22.6 Å². The molecule has 0 bridgehead atoms. The maximum absolute atomic E-state index is 11.9. The van der Waals surface area contributed by atoms with Gasteiger partial charge in [0.2, 0.25) is 5.60 Å². The lowest BCUT2D eigenvalue weighted by Gasteiger charge is -2.49. The number of nitrogens with zero attached hydrogens (tertiary/aromatic N) is 1. The fourth-order valence-corrected chi connectivity index (χ4v) is 2.60. The number of halogens is 1. The van der Waals surface area contributed by atoms with Gasteiger partial charge in [0.25, 0.3) is 5.91 Å². The average molecular weight is 363 g/mol. The van der Waals surface area contributed by atoms with Crippen LogP contribution in [-0.4, -0.2) is 41.6 Å². The summed E-state index contributed by atoms with van der Waals surface area (Å²) in [6, 6.07) is 0.234. The molecule has 0 aromatic carbocycles. The number of hydrogen-bond donors (Lipinski definition) is 2. The summed E-state index contributed by atoms with van der Waals surface area (Å²) >= 11 is 2.05. The second-order valence-electron chi connectivity index (χ2n) is 5.03. The Morgan fingerprint density at radius 3 is 2.83 bits per heavy atom. The molecule has 3 amide bonds. The summed E-state index contributed by atoms with van der Waals surface area (Å²) in [6.07, 6.45) is 2.11. The largest absolute Gasteiger partial charge is 0.466 e. The Bertz CT molecular complexity index is 452. The van der Waals surface area contributed by atoms with Crippen LogP contribution in [0.2, 0.25) is 0 Å². The molecule has 0 aromatic heterocycles. The monoisotopic (exact) mass is 363 g/mol. The highest BCUT2D eigenvalue weighted by molar-refractivity contribution is 14.1. The van der Waals surface area contributed by atoms with E-state index >= 15 is 0 Å². The van der Waals surface area contributed by atoms with Crippen LogP contribution in [0.1, 0.15) is 19.8 Å². The highest BCUT2D eigenvalue weighted by atomic mass is 127. The van der Waals surface area contributed by atoms with E-state index < -0.39 is 5.60 Å². The fourth-order valence-electron chi connectivity index (χ4n) is 2.04. The van der Waals surface area contributed by atoms with Gasteiger partial charge in [-0.15, -0.1) is 0 Å². The number of carbonyl (C=O) groups is 2. The van der Waals surface area contributed by atoms with Gasteiger partial charge in [-0.25, -0.2) is 4.79 Å². The number of rotatable bonds is 1. The van der Waals surface area contributed by atoms with Crippen LogP contribution in [0, 0.1) is 0 Å². The van der Waals surface area contributed by atoms with Gasteiger partial charge in [-0.3, -0.25) is 4.79 Å². The van der Waals surface area contributed by atoms with Crippen molar-refractivity contribution in [3.05, 3.63) is 9.46 Å². The summed E-state index contributed by atoms with van der Waals surface area (Å²) in [5, 5.41) is 5.68. The normalized spacial score (nSPS) is 25.4. The third-order valence-corrected chi connectivity index (χ3v) is 4.41. The molecule has 3 rings (SSSR count). The Morgan fingerprint density at radius 2 is 2.22 bits per heavy atom. The summed E-state index contributed by atoms with van der Waals surface area (Å²) in [5.74, 6) is -0.157. The van der Waals surface area contributed by atoms with Gasteiger partial charge in [0.15, 0.2) is 3.77 Å². The lowest BCUT2D eigenvalue weighted by atomic mass is 9.92. The third-order valence-electron chi connectivity index (χ3n) is 3.38. The molecule has 2 fully saturated rings. The van der Waals surface area contributed by atoms with E-state index in [1.165, 1.54) is 0 Å². The standard InChI is InChI=1S/C11H14IN3O3/c1-6-8(12)18-11(9(16)13-6)4-15(5-11)10(17)14-7-2-3-7/h7H,2-5H2,1H3,(H,13,16)(H,14,17). The summed E-state index contributed by atoms with van der Waals surface area (Å²) in [6.45, 7) is 2.43. The van der Waals surface area contributed by atoms with Gasteiger partial charge >= 0.3 is 6.03 Å². The number of allylic oxidation sites excluding steroid dienone is 1. The zero-order valence-corrected chi connectivity index (χ0v) is 12.1. The van der Waals surface area contributed by atoms with Crippen molar-refractivity contribution in [2.75, 3.05) is 13.1 Å². The third kappa shape index (κ3) is 1.94. The molecule has 1 aliphatic carbocycles. The van der Waals surface area contributed by atoms with Crippen LogP contribution in [0.4, 0.5) is 4.79 Å². The van der Waals surface area contributed by atoms with Crippen molar-refractivity contribution in [2.24, 2.45) is 0 Å². The van der Waals surface area contributed by atoms with E-state index in [4.69, 9.17) is 4.74 Å². The van der Waals surface area contributed by atoms with E-state index in [0.717, 1.165) is 18.5 Å². The van der Waals surface area contributed by atoms with Crippen LogP contribution in [0.5, 0.6) is 0 Å². The minimum Gasteiger partial charge on any atom is -0.466 e. The molecule has 0 atom stereocenters. The van der Waals surface area contributed by atoms with Crippen LogP contribution in [0.3, 0.4) is 0 Å². The van der Waals surface area contributed by atoms with Crippen LogP contribution in [0.15, 0.2) is 9.46 Å².